The van der Waals surface area contributed by atoms with E-state index in [-0.39, 0.29) is 17.3 Å². The Balaban J connectivity index is 2.02. The van der Waals surface area contributed by atoms with Crippen molar-refractivity contribution in [2.75, 3.05) is 5.32 Å². The zero-order valence-electron chi connectivity index (χ0n) is 11.0. The monoisotopic (exact) mass is 330 g/mol. The maximum Gasteiger partial charge on any atom is 0.573 e. The van der Waals surface area contributed by atoms with Crippen molar-refractivity contribution in [1.82, 2.24) is 4.98 Å². The third-order valence-electron chi connectivity index (χ3n) is 2.56. The highest BCUT2D eigenvalue weighted by atomic mass is 35.5. The quantitative estimate of drug-likeness (QED) is 0.863. The Morgan fingerprint density at radius 1 is 1.18 bits per heavy atom. The Hall–Kier alpha value is -2.28. The van der Waals surface area contributed by atoms with Gasteiger partial charge in [-0.25, -0.2) is 0 Å². The van der Waals surface area contributed by atoms with Gasteiger partial charge >= 0.3 is 6.36 Å². The highest BCUT2D eigenvalue weighted by molar-refractivity contribution is 6.17. The molecule has 22 heavy (non-hydrogen) atoms. The first kappa shape index (κ1) is 16.1. The van der Waals surface area contributed by atoms with Crippen molar-refractivity contribution in [2.45, 2.75) is 12.2 Å². The molecule has 0 spiro atoms. The predicted molar refractivity (Wildman–Crippen MR) is 74.9 cm³/mol. The number of nitrogens with one attached hydrogen (secondary N) is 1. The van der Waals surface area contributed by atoms with E-state index in [0.29, 0.717) is 5.69 Å². The summed E-state index contributed by atoms with van der Waals surface area (Å²) in [6.07, 6.45) is -3.28. The molecule has 0 aliphatic carbocycles. The number of carbonyl (C=O) groups excluding carboxylic acids is 1. The molecule has 0 saturated heterocycles. The fourth-order valence-electron chi connectivity index (χ4n) is 1.57. The zero-order chi connectivity index (χ0) is 16.2. The van der Waals surface area contributed by atoms with E-state index in [0.717, 1.165) is 17.7 Å². The lowest BCUT2D eigenvalue weighted by atomic mass is 10.2. The average molecular weight is 331 g/mol. The second-order valence-electron chi connectivity index (χ2n) is 4.21. The molecule has 2 aromatic rings. The molecule has 0 fully saturated rings. The number of hydrogen-bond acceptors (Lipinski definition) is 3. The SMILES string of the molecule is O=C(Nc1ccc(OC(F)(F)F)cc1)c1ccc(CCl)cn1. The first-order valence-corrected chi connectivity index (χ1v) is 6.59. The number of carbonyl (C=O) groups is 1. The summed E-state index contributed by atoms with van der Waals surface area (Å²) in [7, 11) is 0. The topological polar surface area (TPSA) is 51.2 Å². The number of aromatic nitrogens is 1. The first-order valence-electron chi connectivity index (χ1n) is 6.05. The molecule has 1 aromatic heterocycles. The van der Waals surface area contributed by atoms with Gasteiger partial charge in [-0.3, -0.25) is 9.78 Å². The molecule has 4 nitrogen and oxygen atoms in total. The molecular weight excluding hydrogens is 321 g/mol. The number of halogens is 4. The smallest absolute Gasteiger partial charge is 0.406 e. The van der Waals surface area contributed by atoms with E-state index in [4.69, 9.17) is 11.6 Å². The normalized spacial score (nSPS) is 11.1. The van der Waals surface area contributed by atoms with Crippen LogP contribution in [0.4, 0.5) is 18.9 Å². The lowest BCUT2D eigenvalue weighted by Crippen LogP contribution is -2.17. The third kappa shape index (κ3) is 4.63. The highest BCUT2D eigenvalue weighted by Gasteiger charge is 2.30. The Bertz CT molecular complexity index is 643. The Kier molecular flexibility index (Phi) is 4.87. The number of ether oxygens (including phenoxy) is 1. The molecule has 0 unspecified atom stereocenters. The molecule has 0 radical (unpaired) electrons. The number of amides is 1. The summed E-state index contributed by atoms with van der Waals surface area (Å²) < 4.78 is 39.8. The largest absolute Gasteiger partial charge is 0.573 e. The molecule has 1 heterocycles. The van der Waals surface area contributed by atoms with Crippen molar-refractivity contribution in [3.63, 3.8) is 0 Å². The van der Waals surface area contributed by atoms with Crippen molar-refractivity contribution in [3.05, 3.63) is 53.9 Å². The van der Waals surface area contributed by atoms with E-state index in [1.807, 2.05) is 0 Å². The van der Waals surface area contributed by atoms with Crippen LogP contribution >= 0.6 is 11.6 Å². The summed E-state index contributed by atoms with van der Waals surface area (Å²) in [6.45, 7) is 0. The summed E-state index contributed by atoms with van der Waals surface area (Å²) in [5.74, 6) is -0.559. The number of benzene rings is 1. The first-order chi connectivity index (χ1) is 10.4. The van der Waals surface area contributed by atoms with Gasteiger partial charge in [0.15, 0.2) is 0 Å². The number of alkyl halides is 4. The van der Waals surface area contributed by atoms with Crippen LogP contribution < -0.4 is 10.1 Å². The maximum absolute atomic E-state index is 12.0. The van der Waals surface area contributed by atoms with Gasteiger partial charge in [0.05, 0.1) is 0 Å². The summed E-state index contributed by atoms with van der Waals surface area (Å²) in [6, 6.07) is 7.97. The Labute approximate surface area is 128 Å². The van der Waals surface area contributed by atoms with E-state index in [1.165, 1.54) is 24.4 Å². The zero-order valence-corrected chi connectivity index (χ0v) is 11.8. The van der Waals surface area contributed by atoms with E-state index in [1.54, 1.807) is 6.07 Å². The standard InChI is InChI=1S/C14H10ClF3N2O2/c15-7-9-1-6-12(19-8-9)13(21)20-10-2-4-11(5-3-10)22-14(16,17)18/h1-6,8H,7H2,(H,20,21). The molecule has 0 saturated carbocycles. The van der Waals surface area contributed by atoms with E-state index in [9.17, 15) is 18.0 Å². The fraction of sp³-hybridized carbons (Fsp3) is 0.143. The number of anilines is 1. The van der Waals surface area contributed by atoms with Gasteiger partial charge < -0.3 is 10.1 Å². The van der Waals surface area contributed by atoms with Crippen LogP contribution in [0.1, 0.15) is 16.1 Å². The van der Waals surface area contributed by atoms with Gasteiger partial charge in [-0.1, -0.05) is 6.07 Å². The van der Waals surface area contributed by atoms with Gasteiger partial charge in [-0.05, 0) is 35.9 Å². The van der Waals surface area contributed by atoms with E-state index >= 15 is 0 Å². The molecule has 1 amide bonds. The van der Waals surface area contributed by atoms with Crippen LogP contribution in [0.15, 0.2) is 42.6 Å². The molecule has 0 bridgehead atoms. The van der Waals surface area contributed by atoms with Crippen molar-refractivity contribution in [2.24, 2.45) is 0 Å². The molecule has 0 aliphatic heterocycles. The minimum atomic E-state index is -4.75. The minimum absolute atomic E-state index is 0.171. The van der Waals surface area contributed by atoms with Crippen LogP contribution in [-0.2, 0) is 5.88 Å². The van der Waals surface area contributed by atoms with Gasteiger partial charge in [-0.15, -0.1) is 24.8 Å². The van der Waals surface area contributed by atoms with Crippen LogP contribution in [0.3, 0.4) is 0 Å². The van der Waals surface area contributed by atoms with Crippen LogP contribution in [0.5, 0.6) is 5.75 Å². The summed E-state index contributed by atoms with van der Waals surface area (Å²) in [4.78, 5) is 15.9. The molecule has 116 valence electrons. The molecule has 0 atom stereocenters. The van der Waals surface area contributed by atoms with Crippen LogP contribution in [0.25, 0.3) is 0 Å². The molecule has 8 heteroatoms. The highest BCUT2D eigenvalue weighted by Crippen LogP contribution is 2.24. The second-order valence-corrected chi connectivity index (χ2v) is 4.48. The van der Waals surface area contributed by atoms with E-state index in [2.05, 4.69) is 15.0 Å². The minimum Gasteiger partial charge on any atom is -0.406 e. The van der Waals surface area contributed by atoms with Gasteiger partial charge in [0.1, 0.15) is 11.4 Å². The lowest BCUT2D eigenvalue weighted by molar-refractivity contribution is -0.274. The van der Waals surface area contributed by atoms with Crippen molar-refractivity contribution in [3.8, 4) is 5.75 Å². The molecular formula is C14H10ClF3N2O2. The third-order valence-corrected chi connectivity index (χ3v) is 2.87. The molecule has 2 rings (SSSR count). The Morgan fingerprint density at radius 2 is 1.86 bits per heavy atom. The van der Waals surface area contributed by atoms with Gasteiger partial charge in [0.2, 0.25) is 0 Å². The van der Waals surface area contributed by atoms with Gasteiger partial charge in [0.25, 0.3) is 5.91 Å². The number of hydrogen-bond donors (Lipinski definition) is 1. The van der Waals surface area contributed by atoms with Crippen LogP contribution in [0, 0.1) is 0 Å². The molecule has 1 aromatic carbocycles. The van der Waals surface area contributed by atoms with Crippen molar-refractivity contribution < 1.29 is 22.7 Å². The van der Waals surface area contributed by atoms with Crippen molar-refractivity contribution >= 4 is 23.2 Å². The second kappa shape index (κ2) is 6.65. The van der Waals surface area contributed by atoms with Gasteiger partial charge in [-0.2, -0.15) is 0 Å². The van der Waals surface area contributed by atoms with Gasteiger partial charge in [0, 0.05) is 17.8 Å². The number of pyridine rings is 1. The molecule has 1 N–H and O–H groups in total. The Morgan fingerprint density at radius 3 is 2.36 bits per heavy atom. The number of nitrogens with zero attached hydrogens (tertiary/aromatic N) is 1. The number of rotatable bonds is 4. The average Bonchev–Trinajstić information content (AvgIpc) is 2.48. The van der Waals surface area contributed by atoms with Crippen LogP contribution in [0.2, 0.25) is 0 Å². The fourth-order valence-corrected chi connectivity index (χ4v) is 1.73. The lowest BCUT2D eigenvalue weighted by Gasteiger charge is -2.09. The predicted octanol–water partition coefficient (Wildman–Crippen LogP) is 3.97. The maximum atomic E-state index is 12.0. The summed E-state index contributed by atoms with van der Waals surface area (Å²) >= 11 is 5.62. The molecule has 0 aliphatic rings. The van der Waals surface area contributed by atoms with Crippen LogP contribution in [-0.4, -0.2) is 17.3 Å². The van der Waals surface area contributed by atoms with E-state index < -0.39 is 12.3 Å². The van der Waals surface area contributed by atoms with Crippen molar-refractivity contribution in [1.29, 1.82) is 0 Å². The summed E-state index contributed by atoms with van der Waals surface area (Å²) in [5, 5.41) is 2.51. The summed E-state index contributed by atoms with van der Waals surface area (Å²) in [5.41, 5.74) is 1.26.